The molecule has 0 aliphatic carbocycles. The van der Waals surface area contributed by atoms with Crippen molar-refractivity contribution < 1.29 is 0 Å². The molecule has 2 nitrogen and oxygen atoms in total. The molecule has 0 saturated carbocycles. The fraction of sp³-hybridized carbons (Fsp3) is 1.00. The number of piperazine rings is 1. The highest BCUT2D eigenvalue weighted by Crippen LogP contribution is 2.17. The zero-order valence-corrected chi connectivity index (χ0v) is 10.8. The van der Waals surface area contributed by atoms with Crippen LogP contribution in [-0.4, -0.2) is 37.1 Å². The lowest BCUT2D eigenvalue weighted by Crippen LogP contribution is -2.54. The van der Waals surface area contributed by atoms with E-state index in [4.69, 9.17) is 0 Å². The molecular weight excluding hydrogens is 184 g/mol. The van der Waals surface area contributed by atoms with Gasteiger partial charge in [-0.1, -0.05) is 40.0 Å². The molecule has 1 aliphatic heterocycles. The maximum atomic E-state index is 3.53. The van der Waals surface area contributed by atoms with Crippen LogP contribution in [0.25, 0.3) is 0 Å². The summed E-state index contributed by atoms with van der Waals surface area (Å²) in [6, 6.07) is 0.778. The second-order valence-corrected chi connectivity index (χ2v) is 4.90. The van der Waals surface area contributed by atoms with Gasteiger partial charge < -0.3 is 5.32 Å². The van der Waals surface area contributed by atoms with Gasteiger partial charge in [-0.3, -0.25) is 4.90 Å². The fourth-order valence-corrected chi connectivity index (χ4v) is 2.44. The van der Waals surface area contributed by atoms with Gasteiger partial charge in [0.25, 0.3) is 0 Å². The van der Waals surface area contributed by atoms with Crippen molar-refractivity contribution in [3.05, 3.63) is 0 Å². The summed E-state index contributed by atoms with van der Waals surface area (Å²) in [6.45, 7) is 11.9. The number of unbranched alkanes of at least 4 members (excludes halogenated alkanes) is 2. The normalized spacial score (nSPS) is 25.4. The van der Waals surface area contributed by atoms with Gasteiger partial charge in [0.2, 0.25) is 0 Å². The molecule has 1 saturated heterocycles. The standard InChI is InChI=1S/C13H28N2/c1-4-6-7-9-15-10-8-14-11-13(15)12(3)5-2/h12-14H,4-11H2,1-3H3. The lowest BCUT2D eigenvalue weighted by Gasteiger charge is -2.39. The van der Waals surface area contributed by atoms with E-state index in [1.54, 1.807) is 0 Å². The molecule has 0 aromatic rings. The first-order valence-electron chi connectivity index (χ1n) is 6.74. The van der Waals surface area contributed by atoms with Gasteiger partial charge >= 0.3 is 0 Å². The predicted octanol–water partition coefficient (Wildman–Crippen LogP) is 2.50. The first-order valence-corrected chi connectivity index (χ1v) is 6.74. The summed E-state index contributed by atoms with van der Waals surface area (Å²) >= 11 is 0. The van der Waals surface area contributed by atoms with E-state index in [-0.39, 0.29) is 0 Å². The SMILES string of the molecule is CCCCCN1CCNCC1C(C)CC. The molecule has 0 amide bonds. The van der Waals surface area contributed by atoms with Crippen molar-refractivity contribution in [2.45, 2.75) is 52.5 Å². The van der Waals surface area contributed by atoms with E-state index in [1.165, 1.54) is 51.9 Å². The zero-order valence-electron chi connectivity index (χ0n) is 10.8. The van der Waals surface area contributed by atoms with Gasteiger partial charge in [-0.15, -0.1) is 0 Å². The maximum absolute atomic E-state index is 3.53. The zero-order chi connectivity index (χ0) is 11.1. The molecule has 2 unspecified atom stereocenters. The minimum Gasteiger partial charge on any atom is -0.314 e. The van der Waals surface area contributed by atoms with Gasteiger partial charge in [0.05, 0.1) is 0 Å². The van der Waals surface area contributed by atoms with Crippen LogP contribution in [0.3, 0.4) is 0 Å². The van der Waals surface area contributed by atoms with Gasteiger partial charge in [-0.2, -0.15) is 0 Å². The van der Waals surface area contributed by atoms with E-state index in [9.17, 15) is 0 Å². The molecule has 1 aliphatic rings. The largest absolute Gasteiger partial charge is 0.314 e. The summed E-state index contributed by atoms with van der Waals surface area (Å²) in [7, 11) is 0. The first-order chi connectivity index (χ1) is 7.29. The number of nitrogens with one attached hydrogen (secondary N) is 1. The minimum absolute atomic E-state index is 0.778. The van der Waals surface area contributed by atoms with Crippen LogP contribution in [0.1, 0.15) is 46.5 Å². The Kier molecular flexibility index (Phi) is 6.26. The quantitative estimate of drug-likeness (QED) is 0.681. The average molecular weight is 212 g/mol. The molecule has 0 radical (unpaired) electrons. The third-order valence-corrected chi connectivity index (χ3v) is 3.75. The molecule has 2 heteroatoms. The van der Waals surface area contributed by atoms with Gasteiger partial charge in [0.15, 0.2) is 0 Å². The van der Waals surface area contributed by atoms with E-state index in [0.717, 1.165) is 12.0 Å². The van der Waals surface area contributed by atoms with Crippen molar-refractivity contribution in [1.82, 2.24) is 10.2 Å². The Morgan fingerprint density at radius 3 is 2.80 bits per heavy atom. The lowest BCUT2D eigenvalue weighted by atomic mass is 9.95. The molecule has 90 valence electrons. The van der Waals surface area contributed by atoms with Crippen LogP contribution in [-0.2, 0) is 0 Å². The highest BCUT2D eigenvalue weighted by atomic mass is 15.2. The molecule has 1 N–H and O–H groups in total. The first kappa shape index (κ1) is 13.0. The predicted molar refractivity (Wildman–Crippen MR) is 67.2 cm³/mol. The Balaban J connectivity index is 2.35. The summed E-state index contributed by atoms with van der Waals surface area (Å²) in [4.78, 5) is 2.71. The average Bonchev–Trinajstić information content (AvgIpc) is 2.29. The molecule has 0 aromatic heterocycles. The summed E-state index contributed by atoms with van der Waals surface area (Å²) in [5.74, 6) is 0.833. The topological polar surface area (TPSA) is 15.3 Å². The summed E-state index contributed by atoms with van der Waals surface area (Å²) in [5.41, 5.74) is 0. The Labute approximate surface area is 95.4 Å². The van der Waals surface area contributed by atoms with Crippen LogP contribution >= 0.6 is 0 Å². The Morgan fingerprint density at radius 1 is 1.33 bits per heavy atom. The van der Waals surface area contributed by atoms with Crippen LogP contribution in [0.2, 0.25) is 0 Å². The molecule has 0 spiro atoms. The van der Waals surface area contributed by atoms with Crippen molar-refractivity contribution in [1.29, 1.82) is 0 Å². The van der Waals surface area contributed by atoms with Crippen LogP contribution < -0.4 is 5.32 Å². The van der Waals surface area contributed by atoms with Crippen molar-refractivity contribution in [3.63, 3.8) is 0 Å². The van der Waals surface area contributed by atoms with Crippen LogP contribution in [0.5, 0.6) is 0 Å². The van der Waals surface area contributed by atoms with Crippen molar-refractivity contribution in [3.8, 4) is 0 Å². The van der Waals surface area contributed by atoms with E-state index in [0.29, 0.717) is 0 Å². The third-order valence-electron chi connectivity index (χ3n) is 3.75. The molecule has 1 rings (SSSR count). The van der Waals surface area contributed by atoms with Gasteiger partial charge in [-0.05, 0) is 18.9 Å². The molecular formula is C13H28N2. The van der Waals surface area contributed by atoms with Crippen LogP contribution in [0.15, 0.2) is 0 Å². The molecule has 0 bridgehead atoms. The minimum atomic E-state index is 0.778. The third kappa shape index (κ3) is 4.12. The molecule has 0 aromatic carbocycles. The lowest BCUT2D eigenvalue weighted by molar-refractivity contribution is 0.114. The van der Waals surface area contributed by atoms with Crippen LogP contribution in [0, 0.1) is 5.92 Å². The van der Waals surface area contributed by atoms with Crippen molar-refractivity contribution in [2.75, 3.05) is 26.2 Å². The number of hydrogen-bond acceptors (Lipinski definition) is 2. The van der Waals surface area contributed by atoms with E-state index < -0.39 is 0 Å². The van der Waals surface area contributed by atoms with Gasteiger partial charge in [-0.25, -0.2) is 0 Å². The molecule has 15 heavy (non-hydrogen) atoms. The molecule has 1 fully saturated rings. The Bertz CT molecular complexity index is 159. The number of nitrogens with zero attached hydrogens (tertiary/aromatic N) is 1. The van der Waals surface area contributed by atoms with Gasteiger partial charge in [0.1, 0.15) is 0 Å². The van der Waals surface area contributed by atoms with Gasteiger partial charge in [0, 0.05) is 25.7 Å². The second-order valence-electron chi connectivity index (χ2n) is 4.90. The molecule has 1 heterocycles. The smallest absolute Gasteiger partial charge is 0.0246 e. The summed E-state index contributed by atoms with van der Waals surface area (Å²) in [6.07, 6.45) is 5.40. The maximum Gasteiger partial charge on any atom is 0.0246 e. The summed E-state index contributed by atoms with van der Waals surface area (Å²) < 4.78 is 0. The van der Waals surface area contributed by atoms with E-state index >= 15 is 0 Å². The van der Waals surface area contributed by atoms with Crippen molar-refractivity contribution >= 4 is 0 Å². The highest BCUT2D eigenvalue weighted by Gasteiger charge is 2.25. The number of hydrogen-bond donors (Lipinski definition) is 1. The second kappa shape index (κ2) is 7.24. The monoisotopic (exact) mass is 212 g/mol. The highest BCUT2D eigenvalue weighted by molar-refractivity contribution is 4.83. The Morgan fingerprint density at radius 2 is 2.13 bits per heavy atom. The summed E-state index contributed by atoms with van der Waals surface area (Å²) in [5, 5.41) is 3.53. The molecule has 2 atom stereocenters. The van der Waals surface area contributed by atoms with Crippen molar-refractivity contribution in [2.24, 2.45) is 5.92 Å². The van der Waals surface area contributed by atoms with E-state index in [1.807, 2.05) is 0 Å². The Hall–Kier alpha value is -0.0800. The van der Waals surface area contributed by atoms with E-state index in [2.05, 4.69) is 31.0 Å². The number of rotatable bonds is 6. The fourth-order valence-electron chi connectivity index (χ4n) is 2.44. The van der Waals surface area contributed by atoms with Crippen LogP contribution in [0.4, 0.5) is 0 Å².